The van der Waals surface area contributed by atoms with Crippen LogP contribution < -0.4 is 4.74 Å². The molecule has 1 aliphatic carbocycles. The van der Waals surface area contributed by atoms with Gasteiger partial charge in [-0.3, -0.25) is 0 Å². The Morgan fingerprint density at radius 1 is 1.00 bits per heavy atom. The molecule has 0 fully saturated rings. The van der Waals surface area contributed by atoms with Crippen LogP contribution in [0.25, 0.3) is 11.4 Å². The van der Waals surface area contributed by atoms with Gasteiger partial charge in [-0.1, -0.05) is 65.7 Å². The molecule has 0 amide bonds. The fourth-order valence-corrected chi connectivity index (χ4v) is 4.80. The van der Waals surface area contributed by atoms with E-state index < -0.39 is 0 Å². The molecule has 2 aromatic rings. The quantitative estimate of drug-likeness (QED) is 0.309. The monoisotopic (exact) mass is 422 g/mol. The number of benzene rings is 1. The van der Waals surface area contributed by atoms with E-state index in [9.17, 15) is 0 Å². The van der Waals surface area contributed by atoms with Crippen molar-refractivity contribution in [1.29, 1.82) is 0 Å². The summed E-state index contributed by atoms with van der Waals surface area (Å²) in [4.78, 5) is 9.66. The number of ether oxygens (including phenoxy) is 1. The van der Waals surface area contributed by atoms with Crippen molar-refractivity contribution in [1.82, 2.24) is 9.97 Å². The molecule has 1 heterocycles. The number of aryl methyl sites for hydroxylation is 1. The van der Waals surface area contributed by atoms with Gasteiger partial charge in [0.25, 0.3) is 0 Å². The molecule has 1 aliphatic rings. The lowest BCUT2D eigenvalue weighted by atomic mass is 9.79. The zero-order valence-electron chi connectivity index (χ0n) is 20.0. The van der Waals surface area contributed by atoms with Crippen LogP contribution in [0, 0.1) is 11.8 Å². The molecule has 1 aromatic heterocycles. The zero-order chi connectivity index (χ0) is 21.9. The van der Waals surface area contributed by atoms with E-state index >= 15 is 0 Å². The molecule has 31 heavy (non-hydrogen) atoms. The number of hydrogen-bond acceptors (Lipinski definition) is 3. The van der Waals surface area contributed by atoms with Crippen molar-refractivity contribution in [3.63, 3.8) is 0 Å². The molecule has 3 rings (SSSR count). The van der Waals surface area contributed by atoms with E-state index in [4.69, 9.17) is 14.7 Å². The van der Waals surface area contributed by atoms with Gasteiger partial charge in [0, 0.05) is 17.5 Å². The first kappa shape index (κ1) is 23.8. The van der Waals surface area contributed by atoms with Crippen LogP contribution in [-0.2, 0) is 12.8 Å². The second-order valence-corrected chi connectivity index (χ2v) is 9.36. The van der Waals surface area contributed by atoms with E-state index in [-0.39, 0.29) is 0 Å². The van der Waals surface area contributed by atoms with Crippen LogP contribution in [0.15, 0.2) is 30.5 Å². The predicted octanol–water partition coefficient (Wildman–Crippen LogP) is 7.81. The largest absolute Gasteiger partial charge is 0.494 e. The van der Waals surface area contributed by atoms with Gasteiger partial charge in [0.1, 0.15) is 5.75 Å². The maximum atomic E-state index is 5.87. The van der Waals surface area contributed by atoms with Gasteiger partial charge in [-0.05, 0) is 73.8 Å². The molecule has 3 heteroatoms. The van der Waals surface area contributed by atoms with E-state index in [2.05, 4.69) is 51.2 Å². The van der Waals surface area contributed by atoms with Crippen molar-refractivity contribution >= 4 is 0 Å². The maximum absolute atomic E-state index is 5.87. The summed E-state index contributed by atoms with van der Waals surface area (Å²) in [6.45, 7) is 7.69. The van der Waals surface area contributed by atoms with Gasteiger partial charge < -0.3 is 4.74 Å². The van der Waals surface area contributed by atoms with Gasteiger partial charge in [0.15, 0.2) is 5.82 Å². The highest BCUT2D eigenvalue weighted by molar-refractivity contribution is 5.56. The predicted molar refractivity (Wildman–Crippen MR) is 131 cm³/mol. The van der Waals surface area contributed by atoms with Gasteiger partial charge in [-0.25, -0.2) is 9.97 Å². The Kier molecular flexibility index (Phi) is 9.84. The second-order valence-electron chi connectivity index (χ2n) is 9.36. The molecule has 1 aromatic carbocycles. The summed E-state index contributed by atoms with van der Waals surface area (Å²) < 4.78 is 5.87. The standard InChI is InChI=1S/C28H42N2O/c1-4-7-9-10-18-31-26-15-13-24(14-16-26)28-29-21-25-20-23(12-17-27(25)30-28)19-22(6-3)11-8-5-2/h13-16,21-23H,4-12,17-20H2,1-3H3. The first-order chi connectivity index (χ1) is 15.2. The van der Waals surface area contributed by atoms with Crippen LogP contribution in [0.5, 0.6) is 5.75 Å². The van der Waals surface area contributed by atoms with E-state index in [1.54, 1.807) is 0 Å². The molecule has 0 spiro atoms. The number of nitrogens with zero attached hydrogens (tertiary/aromatic N) is 2. The van der Waals surface area contributed by atoms with Gasteiger partial charge in [0.2, 0.25) is 0 Å². The number of aromatic nitrogens is 2. The Morgan fingerprint density at radius 2 is 1.81 bits per heavy atom. The molecule has 0 saturated heterocycles. The summed E-state index contributed by atoms with van der Waals surface area (Å²) >= 11 is 0. The van der Waals surface area contributed by atoms with E-state index in [0.29, 0.717) is 0 Å². The van der Waals surface area contributed by atoms with Gasteiger partial charge >= 0.3 is 0 Å². The first-order valence-corrected chi connectivity index (χ1v) is 12.8. The third-order valence-electron chi connectivity index (χ3n) is 6.84. The fraction of sp³-hybridized carbons (Fsp3) is 0.643. The maximum Gasteiger partial charge on any atom is 0.159 e. The van der Waals surface area contributed by atoms with Crippen molar-refractivity contribution in [2.45, 2.75) is 97.8 Å². The molecule has 2 unspecified atom stereocenters. The summed E-state index contributed by atoms with van der Waals surface area (Å²) in [6.07, 6.45) is 17.3. The second kappa shape index (κ2) is 12.8. The Bertz CT molecular complexity index is 771. The minimum Gasteiger partial charge on any atom is -0.494 e. The molecule has 2 atom stereocenters. The Morgan fingerprint density at radius 3 is 2.55 bits per heavy atom. The van der Waals surface area contributed by atoms with E-state index in [0.717, 1.165) is 54.8 Å². The van der Waals surface area contributed by atoms with Crippen LogP contribution in [0.4, 0.5) is 0 Å². The smallest absolute Gasteiger partial charge is 0.159 e. The van der Waals surface area contributed by atoms with Gasteiger partial charge in [-0.15, -0.1) is 0 Å². The summed E-state index contributed by atoms with van der Waals surface area (Å²) in [6, 6.07) is 8.28. The van der Waals surface area contributed by atoms with Crippen LogP contribution in [0.2, 0.25) is 0 Å². The zero-order valence-corrected chi connectivity index (χ0v) is 20.0. The van der Waals surface area contributed by atoms with Gasteiger partial charge in [0.05, 0.1) is 6.61 Å². The van der Waals surface area contributed by atoms with Gasteiger partial charge in [-0.2, -0.15) is 0 Å². The van der Waals surface area contributed by atoms with Crippen LogP contribution >= 0.6 is 0 Å². The Balaban J connectivity index is 1.55. The minimum atomic E-state index is 0.799. The number of fused-ring (bicyclic) bond motifs is 1. The number of rotatable bonds is 13. The third-order valence-corrected chi connectivity index (χ3v) is 6.84. The minimum absolute atomic E-state index is 0.799. The summed E-state index contributed by atoms with van der Waals surface area (Å²) in [5.74, 6) is 3.48. The molecule has 0 N–H and O–H groups in total. The molecular weight excluding hydrogens is 380 g/mol. The third kappa shape index (κ3) is 7.33. The van der Waals surface area contributed by atoms with Crippen LogP contribution in [0.1, 0.15) is 96.2 Å². The average Bonchev–Trinajstić information content (AvgIpc) is 2.81. The lowest BCUT2D eigenvalue weighted by Gasteiger charge is -2.27. The molecule has 170 valence electrons. The fourth-order valence-electron chi connectivity index (χ4n) is 4.80. The number of unbranched alkanes of at least 4 members (excludes halogenated alkanes) is 4. The number of hydrogen-bond donors (Lipinski definition) is 0. The highest BCUT2D eigenvalue weighted by Gasteiger charge is 2.23. The molecule has 0 bridgehead atoms. The van der Waals surface area contributed by atoms with E-state index in [1.165, 1.54) is 69.0 Å². The topological polar surface area (TPSA) is 35.0 Å². The first-order valence-electron chi connectivity index (χ1n) is 12.8. The lowest BCUT2D eigenvalue weighted by Crippen LogP contribution is -2.19. The molecular formula is C28H42N2O. The molecule has 0 radical (unpaired) electrons. The SMILES string of the molecule is CCCCCCOc1ccc(-c2ncc3c(n2)CCC(CC(CC)CCCC)C3)cc1. The summed E-state index contributed by atoms with van der Waals surface area (Å²) in [7, 11) is 0. The van der Waals surface area contributed by atoms with Crippen molar-refractivity contribution in [2.24, 2.45) is 11.8 Å². The van der Waals surface area contributed by atoms with Crippen molar-refractivity contribution in [3.05, 3.63) is 41.7 Å². The Labute approximate surface area is 190 Å². The van der Waals surface area contributed by atoms with Crippen LogP contribution in [-0.4, -0.2) is 16.6 Å². The lowest BCUT2D eigenvalue weighted by molar-refractivity contribution is 0.305. The molecule has 0 saturated carbocycles. The summed E-state index contributed by atoms with van der Waals surface area (Å²) in [5.41, 5.74) is 3.71. The highest BCUT2D eigenvalue weighted by Crippen LogP contribution is 2.32. The van der Waals surface area contributed by atoms with Crippen molar-refractivity contribution in [3.8, 4) is 17.1 Å². The summed E-state index contributed by atoms with van der Waals surface area (Å²) in [5, 5.41) is 0. The molecule has 0 aliphatic heterocycles. The molecule has 3 nitrogen and oxygen atoms in total. The van der Waals surface area contributed by atoms with E-state index in [1.807, 2.05) is 0 Å². The highest BCUT2D eigenvalue weighted by atomic mass is 16.5. The van der Waals surface area contributed by atoms with Crippen molar-refractivity contribution in [2.75, 3.05) is 6.61 Å². The normalized spacial score (nSPS) is 16.7. The van der Waals surface area contributed by atoms with Crippen molar-refractivity contribution < 1.29 is 4.74 Å². The average molecular weight is 423 g/mol. The van der Waals surface area contributed by atoms with Crippen LogP contribution in [0.3, 0.4) is 0 Å². The Hall–Kier alpha value is -1.90.